The summed E-state index contributed by atoms with van der Waals surface area (Å²) >= 11 is 0. The third-order valence-electron chi connectivity index (χ3n) is 4.63. The molecule has 0 aliphatic heterocycles. The van der Waals surface area contributed by atoms with Crippen LogP contribution in [0.3, 0.4) is 0 Å². The molecule has 6 heteroatoms. The molecule has 1 aromatic rings. The summed E-state index contributed by atoms with van der Waals surface area (Å²) in [5, 5.41) is 2.82. The van der Waals surface area contributed by atoms with Gasteiger partial charge in [-0.05, 0) is 63.3 Å². The monoisotopic (exact) mass is 387 g/mol. The normalized spacial score (nSPS) is 14.9. The molecule has 1 aliphatic rings. The van der Waals surface area contributed by atoms with E-state index in [1.165, 1.54) is 24.5 Å². The average Bonchev–Trinajstić information content (AvgIpc) is 2.72. The van der Waals surface area contributed by atoms with E-state index >= 15 is 0 Å². The van der Waals surface area contributed by atoms with Crippen LogP contribution < -0.4 is 14.8 Å². The zero-order valence-corrected chi connectivity index (χ0v) is 16.8. The summed E-state index contributed by atoms with van der Waals surface area (Å²) < 4.78 is 15.6. The SMILES string of the molecule is COc1ccc(OC)c(/C=C/C(=O)O[C@@H](C)C(=O)NCCC2=CCCCC2)c1. The van der Waals surface area contributed by atoms with Gasteiger partial charge in [-0.2, -0.15) is 0 Å². The molecule has 0 spiro atoms. The van der Waals surface area contributed by atoms with Crippen molar-refractivity contribution in [2.75, 3.05) is 20.8 Å². The molecule has 1 aromatic carbocycles. The standard InChI is InChI=1S/C22H29NO5/c1-16(22(25)23-14-13-17-7-5-4-6-8-17)28-21(24)12-9-18-15-19(26-2)10-11-20(18)27-3/h7,9-12,15-16H,4-6,8,13-14H2,1-3H3,(H,23,25)/b12-9+/t16-/m0/s1. The zero-order valence-electron chi connectivity index (χ0n) is 16.8. The molecule has 0 bridgehead atoms. The molecule has 0 saturated heterocycles. The van der Waals surface area contributed by atoms with Crippen LogP contribution in [0.2, 0.25) is 0 Å². The van der Waals surface area contributed by atoms with E-state index in [9.17, 15) is 9.59 Å². The van der Waals surface area contributed by atoms with E-state index < -0.39 is 12.1 Å². The van der Waals surface area contributed by atoms with E-state index in [1.54, 1.807) is 45.4 Å². The van der Waals surface area contributed by atoms with Crippen molar-refractivity contribution in [1.29, 1.82) is 0 Å². The van der Waals surface area contributed by atoms with Gasteiger partial charge in [-0.3, -0.25) is 4.79 Å². The van der Waals surface area contributed by atoms with Crippen molar-refractivity contribution in [2.45, 2.75) is 45.1 Å². The molecule has 0 aromatic heterocycles. The van der Waals surface area contributed by atoms with Crippen LogP contribution in [0.5, 0.6) is 11.5 Å². The summed E-state index contributed by atoms with van der Waals surface area (Å²) in [6, 6.07) is 5.27. The van der Waals surface area contributed by atoms with Crippen LogP contribution in [0.25, 0.3) is 6.08 Å². The number of rotatable bonds is 9. The Morgan fingerprint density at radius 2 is 2.04 bits per heavy atom. The summed E-state index contributed by atoms with van der Waals surface area (Å²) in [4.78, 5) is 24.1. The average molecular weight is 387 g/mol. The first-order valence-corrected chi connectivity index (χ1v) is 9.60. The molecule has 1 N–H and O–H groups in total. The molecule has 2 rings (SSSR count). The van der Waals surface area contributed by atoms with Crippen molar-refractivity contribution in [3.8, 4) is 11.5 Å². The fourth-order valence-corrected chi connectivity index (χ4v) is 3.02. The molecule has 152 valence electrons. The predicted molar refractivity (Wildman–Crippen MR) is 108 cm³/mol. The van der Waals surface area contributed by atoms with E-state index in [-0.39, 0.29) is 5.91 Å². The molecule has 0 heterocycles. The van der Waals surface area contributed by atoms with Gasteiger partial charge in [-0.25, -0.2) is 4.79 Å². The number of nitrogens with one attached hydrogen (secondary N) is 1. The Morgan fingerprint density at radius 3 is 2.71 bits per heavy atom. The van der Waals surface area contributed by atoms with E-state index in [0.29, 0.717) is 23.6 Å². The lowest BCUT2D eigenvalue weighted by molar-refractivity contribution is -0.150. The Hall–Kier alpha value is -2.76. The number of ether oxygens (including phenoxy) is 3. The number of allylic oxidation sites excluding steroid dienone is 1. The van der Waals surface area contributed by atoms with Crippen molar-refractivity contribution in [1.82, 2.24) is 5.32 Å². The summed E-state index contributed by atoms with van der Waals surface area (Å²) in [5.74, 6) is 0.363. The highest BCUT2D eigenvalue weighted by molar-refractivity contribution is 5.90. The van der Waals surface area contributed by atoms with E-state index in [2.05, 4.69) is 11.4 Å². The first kappa shape index (κ1) is 21.5. The first-order chi connectivity index (χ1) is 13.5. The maximum atomic E-state index is 12.1. The number of esters is 1. The number of carbonyl (C=O) groups excluding carboxylic acids is 2. The third kappa shape index (κ3) is 6.76. The van der Waals surface area contributed by atoms with Gasteiger partial charge in [0.1, 0.15) is 11.5 Å². The van der Waals surface area contributed by atoms with Gasteiger partial charge >= 0.3 is 5.97 Å². The Morgan fingerprint density at radius 1 is 1.21 bits per heavy atom. The van der Waals surface area contributed by atoms with Crippen molar-refractivity contribution in [3.05, 3.63) is 41.5 Å². The third-order valence-corrected chi connectivity index (χ3v) is 4.63. The summed E-state index contributed by atoms with van der Waals surface area (Å²) in [6.45, 7) is 2.12. The van der Waals surface area contributed by atoms with Gasteiger partial charge in [0.25, 0.3) is 5.91 Å². The Labute approximate surface area is 166 Å². The molecule has 0 radical (unpaired) electrons. The fraction of sp³-hybridized carbons (Fsp3) is 0.455. The van der Waals surface area contributed by atoms with E-state index in [4.69, 9.17) is 14.2 Å². The smallest absolute Gasteiger partial charge is 0.331 e. The second kappa shape index (κ2) is 11.2. The molecule has 6 nitrogen and oxygen atoms in total. The van der Waals surface area contributed by atoms with Crippen LogP contribution in [0.1, 0.15) is 44.6 Å². The van der Waals surface area contributed by atoms with Crippen molar-refractivity contribution >= 4 is 18.0 Å². The number of amides is 1. The van der Waals surface area contributed by atoms with Crippen LogP contribution in [-0.2, 0) is 14.3 Å². The molecule has 1 amide bonds. The summed E-state index contributed by atoms with van der Waals surface area (Å²) in [5.41, 5.74) is 2.07. The second-order valence-electron chi connectivity index (χ2n) is 6.67. The van der Waals surface area contributed by atoms with Crippen molar-refractivity contribution in [3.63, 3.8) is 0 Å². The number of benzene rings is 1. The van der Waals surface area contributed by atoms with Crippen molar-refractivity contribution in [2.24, 2.45) is 0 Å². The van der Waals surface area contributed by atoms with Crippen LogP contribution in [0.15, 0.2) is 35.9 Å². The summed E-state index contributed by atoms with van der Waals surface area (Å²) in [6.07, 6.45) is 9.80. The highest BCUT2D eigenvalue weighted by atomic mass is 16.5. The van der Waals surface area contributed by atoms with Gasteiger partial charge in [0.05, 0.1) is 14.2 Å². The first-order valence-electron chi connectivity index (χ1n) is 9.60. The minimum absolute atomic E-state index is 0.294. The van der Waals surface area contributed by atoms with Gasteiger partial charge in [0.2, 0.25) is 0 Å². The lowest BCUT2D eigenvalue weighted by Gasteiger charge is -2.15. The Balaban J connectivity index is 1.82. The lowest BCUT2D eigenvalue weighted by atomic mass is 9.97. The molecule has 1 aliphatic carbocycles. The van der Waals surface area contributed by atoms with Crippen LogP contribution >= 0.6 is 0 Å². The van der Waals surface area contributed by atoms with Crippen LogP contribution in [0.4, 0.5) is 0 Å². The Kier molecular flexibility index (Phi) is 8.59. The van der Waals surface area contributed by atoms with E-state index in [0.717, 1.165) is 19.3 Å². The Bertz CT molecular complexity index is 738. The van der Waals surface area contributed by atoms with Gasteiger partial charge in [-0.15, -0.1) is 0 Å². The number of methoxy groups -OCH3 is 2. The van der Waals surface area contributed by atoms with Crippen molar-refractivity contribution < 1.29 is 23.8 Å². The molecule has 0 saturated carbocycles. The van der Waals surface area contributed by atoms with Crippen LogP contribution in [-0.4, -0.2) is 38.7 Å². The number of carbonyl (C=O) groups is 2. The number of hydrogen-bond acceptors (Lipinski definition) is 5. The molecule has 28 heavy (non-hydrogen) atoms. The fourth-order valence-electron chi connectivity index (χ4n) is 3.02. The largest absolute Gasteiger partial charge is 0.497 e. The number of hydrogen-bond donors (Lipinski definition) is 1. The predicted octanol–water partition coefficient (Wildman–Crippen LogP) is 3.66. The maximum absolute atomic E-state index is 12.1. The summed E-state index contributed by atoms with van der Waals surface area (Å²) in [7, 11) is 3.11. The molecule has 1 atom stereocenters. The van der Waals surface area contributed by atoms with E-state index in [1.807, 2.05) is 0 Å². The van der Waals surface area contributed by atoms with Gasteiger partial charge in [0, 0.05) is 18.2 Å². The van der Waals surface area contributed by atoms with Gasteiger partial charge in [-0.1, -0.05) is 11.6 Å². The minimum atomic E-state index is -0.857. The maximum Gasteiger partial charge on any atom is 0.331 e. The molecular weight excluding hydrogens is 358 g/mol. The topological polar surface area (TPSA) is 73.9 Å². The van der Waals surface area contributed by atoms with Gasteiger partial charge in [0.15, 0.2) is 6.10 Å². The minimum Gasteiger partial charge on any atom is -0.497 e. The second-order valence-corrected chi connectivity index (χ2v) is 6.67. The quantitative estimate of drug-likeness (QED) is 0.398. The highest BCUT2D eigenvalue weighted by Crippen LogP contribution is 2.25. The molecule has 0 unspecified atom stereocenters. The lowest BCUT2D eigenvalue weighted by Crippen LogP contribution is -2.36. The highest BCUT2D eigenvalue weighted by Gasteiger charge is 2.16. The molecule has 0 fully saturated rings. The molecular formula is C22H29NO5. The van der Waals surface area contributed by atoms with Crippen LogP contribution in [0, 0.1) is 0 Å². The van der Waals surface area contributed by atoms with Gasteiger partial charge < -0.3 is 19.5 Å². The zero-order chi connectivity index (χ0) is 20.4.